The molecule has 1 aromatic carbocycles. The van der Waals surface area contributed by atoms with Crippen LogP contribution in [0.15, 0.2) is 46.0 Å². The van der Waals surface area contributed by atoms with Gasteiger partial charge in [0.1, 0.15) is 9.96 Å². The summed E-state index contributed by atoms with van der Waals surface area (Å²) in [6, 6.07) is 11.0. The lowest BCUT2D eigenvalue weighted by Crippen LogP contribution is -2.49. The minimum Gasteiger partial charge on any atom is -0.481 e. The Bertz CT molecular complexity index is 901. The number of hydrogen-bond donors (Lipinski definition) is 1. The van der Waals surface area contributed by atoms with Crippen LogP contribution in [-0.2, 0) is 14.8 Å². The zero-order valence-electron chi connectivity index (χ0n) is 17.0. The summed E-state index contributed by atoms with van der Waals surface area (Å²) in [5, 5.41) is 1.74. The van der Waals surface area contributed by atoms with Crippen LogP contribution < -0.4 is 9.46 Å². The quantitative estimate of drug-likeness (QED) is 0.719. The summed E-state index contributed by atoms with van der Waals surface area (Å²) in [7, 11) is -3.48. The van der Waals surface area contributed by atoms with Gasteiger partial charge < -0.3 is 9.64 Å². The summed E-state index contributed by atoms with van der Waals surface area (Å²) in [6.45, 7) is 7.04. The highest BCUT2D eigenvalue weighted by Gasteiger charge is 2.29. The van der Waals surface area contributed by atoms with Crippen molar-refractivity contribution in [1.29, 1.82) is 0 Å². The Morgan fingerprint density at radius 3 is 2.34 bits per heavy atom. The van der Waals surface area contributed by atoms with E-state index in [-0.39, 0.29) is 11.9 Å². The minimum atomic E-state index is -3.48. The largest absolute Gasteiger partial charge is 0.481 e. The van der Waals surface area contributed by atoms with Gasteiger partial charge in [-0.1, -0.05) is 32.0 Å². The summed E-state index contributed by atoms with van der Waals surface area (Å²) < 4.78 is 33.6. The highest BCUT2D eigenvalue weighted by atomic mass is 32.2. The van der Waals surface area contributed by atoms with Gasteiger partial charge in [0.15, 0.2) is 6.10 Å². The average molecular weight is 437 g/mol. The van der Waals surface area contributed by atoms with Crippen molar-refractivity contribution in [2.75, 3.05) is 13.1 Å². The second-order valence-electron chi connectivity index (χ2n) is 7.64. The molecule has 0 radical (unpaired) electrons. The normalized spacial score (nSPS) is 16.8. The van der Waals surface area contributed by atoms with E-state index in [1.54, 1.807) is 29.3 Å². The van der Waals surface area contributed by atoms with Crippen molar-refractivity contribution in [3.63, 3.8) is 0 Å². The third-order valence-electron chi connectivity index (χ3n) is 5.10. The Morgan fingerprint density at radius 1 is 1.14 bits per heavy atom. The number of piperidine rings is 1. The van der Waals surface area contributed by atoms with E-state index in [1.807, 2.05) is 24.3 Å². The van der Waals surface area contributed by atoms with Crippen molar-refractivity contribution >= 4 is 27.3 Å². The molecule has 1 atom stereocenters. The first-order valence-corrected chi connectivity index (χ1v) is 12.2. The number of likely N-dealkylation sites (tertiary alicyclic amines) is 1. The Kier molecular flexibility index (Phi) is 6.97. The number of carbonyl (C=O) groups excluding carboxylic acids is 1. The molecule has 1 aromatic heterocycles. The fraction of sp³-hybridized carbons (Fsp3) is 0.476. The molecule has 1 unspecified atom stereocenters. The number of amides is 1. The van der Waals surface area contributed by atoms with Gasteiger partial charge in [0.25, 0.3) is 5.91 Å². The predicted molar refractivity (Wildman–Crippen MR) is 115 cm³/mol. The molecule has 158 valence electrons. The van der Waals surface area contributed by atoms with E-state index >= 15 is 0 Å². The second-order valence-corrected chi connectivity index (χ2v) is 10.5. The van der Waals surface area contributed by atoms with Crippen LogP contribution in [0.2, 0.25) is 0 Å². The lowest BCUT2D eigenvalue weighted by molar-refractivity contribution is -0.139. The molecule has 29 heavy (non-hydrogen) atoms. The lowest BCUT2D eigenvalue weighted by Gasteiger charge is -2.33. The molecule has 1 aliphatic rings. The second kappa shape index (κ2) is 9.28. The molecule has 1 saturated heterocycles. The van der Waals surface area contributed by atoms with Crippen LogP contribution in [-0.4, -0.2) is 44.5 Å². The molecule has 3 rings (SSSR count). The number of benzene rings is 1. The summed E-state index contributed by atoms with van der Waals surface area (Å²) in [5.74, 6) is 1.05. The number of thiophene rings is 1. The van der Waals surface area contributed by atoms with Crippen molar-refractivity contribution in [3.05, 3.63) is 47.3 Å². The van der Waals surface area contributed by atoms with E-state index in [1.165, 1.54) is 16.9 Å². The monoisotopic (exact) mass is 436 g/mol. The van der Waals surface area contributed by atoms with E-state index in [0.29, 0.717) is 41.8 Å². The van der Waals surface area contributed by atoms with Crippen LogP contribution in [0.25, 0.3) is 0 Å². The molecule has 0 bridgehead atoms. The molecule has 2 aromatic rings. The van der Waals surface area contributed by atoms with Gasteiger partial charge in [-0.05, 0) is 54.8 Å². The van der Waals surface area contributed by atoms with Gasteiger partial charge in [0.2, 0.25) is 10.0 Å². The van der Waals surface area contributed by atoms with Crippen molar-refractivity contribution in [2.45, 2.75) is 55.9 Å². The molecule has 1 amide bonds. The van der Waals surface area contributed by atoms with Crippen molar-refractivity contribution in [1.82, 2.24) is 9.62 Å². The third kappa shape index (κ3) is 5.58. The highest BCUT2D eigenvalue weighted by Crippen LogP contribution is 2.21. The van der Waals surface area contributed by atoms with Crippen molar-refractivity contribution in [3.8, 4) is 5.75 Å². The first-order valence-electron chi connectivity index (χ1n) is 9.87. The molecule has 6 nitrogen and oxygen atoms in total. The number of rotatable bonds is 7. The van der Waals surface area contributed by atoms with E-state index in [9.17, 15) is 13.2 Å². The zero-order valence-corrected chi connectivity index (χ0v) is 18.6. The predicted octanol–water partition coefficient (Wildman–Crippen LogP) is 3.61. The Balaban J connectivity index is 1.50. The Morgan fingerprint density at radius 2 is 1.79 bits per heavy atom. The Labute approximate surface area is 176 Å². The fourth-order valence-corrected chi connectivity index (χ4v) is 5.67. The van der Waals surface area contributed by atoms with Crippen molar-refractivity contribution < 1.29 is 17.9 Å². The van der Waals surface area contributed by atoms with Gasteiger partial charge >= 0.3 is 0 Å². The molecular weight excluding hydrogens is 408 g/mol. The maximum Gasteiger partial charge on any atom is 0.263 e. The fourth-order valence-electron chi connectivity index (χ4n) is 3.35. The molecule has 1 aliphatic heterocycles. The van der Waals surface area contributed by atoms with Gasteiger partial charge in [-0.25, -0.2) is 13.1 Å². The average Bonchev–Trinajstić information content (AvgIpc) is 3.24. The highest BCUT2D eigenvalue weighted by molar-refractivity contribution is 7.91. The molecular formula is C21H28N2O4S2. The SMILES string of the molecule is CC(Oc1ccc(C(C)C)cc1)C(=O)N1CCC(NS(=O)(=O)c2cccs2)CC1. The van der Waals surface area contributed by atoms with Crippen LogP contribution in [0.5, 0.6) is 5.75 Å². The number of ether oxygens (including phenoxy) is 1. The summed E-state index contributed by atoms with van der Waals surface area (Å²) in [6.07, 6.45) is 0.595. The van der Waals surface area contributed by atoms with Crippen LogP contribution in [0.3, 0.4) is 0 Å². The summed E-state index contributed by atoms with van der Waals surface area (Å²) in [4.78, 5) is 14.5. The maximum absolute atomic E-state index is 12.7. The van der Waals surface area contributed by atoms with Crippen LogP contribution in [0.1, 0.15) is 45.1 Å². The van der Waals surface area contributed by atoms with Crippen LogP contribution >= 0.6 is 11.3 Å². The van der Waals surface area contributed by atoms with E-state index in [4.69, 9.17) is 4.74 Å². The van der Waals surface area contributed by atoms with Crippen molar-refractivity contribution in [2.24, 2.45) is 0 Å². The lowest BCUT2D eigenvalue weighted by atomic mass is 10.0. The van der Waals surface area contributed by atoms with Gasteiger partial charge in [-0.3, -0.25) is 4.79 Å². The Hall–Kier alpha value is -1.90. The zero-order chi connectivity index (χ0) is 21.0. The third-order valence-corrected chi connectivity index (χ3v) is 8.01. The van der Waals surface area contributed by atoms with E-state index < -0.39 is 16.1 Å². The summed E-state index contributed by atoms with van der Waals surface area (Å²) in [5.41, 5.74) is 1.23. The van der Waals surface area contributed by atoms with E-state index in [2.05, 4.69) is 18.6 Å². The maximum atomic E-state index is 12.7. The van der Waals surface area contributed by atoms with E-state index in [0.717, 1.165) is 0 Å². The molecule has 1 N–H and O–H groups in total. The number of carbonyl (C=O) groups is 1. The number of sulfonamides is 1. The summed E-state index contributed by atoms with van der Waals surface area (Å²) >= 11 is 1.20. The number of hydrogen-bond acceptors (Lipinski definition) is 5. The smallest absolute Gasteiger partial charge is 0.263 e. The molecule has 0 spiro atoms. The van der Waals surface area contributed by atoms with Gasteiger partial charge in [0, 0.05) is 19.1 Å². The van der Waals surface area contributed by atoms with Crippen LogP contribution in [0, 0.1) is 0 Å². The molecule has 2 heterocycles. The van der Waals surface area contributed by atoms with Gasteiger partial charge in [0.05, 0.1) is 0 Å². The minimum absolute atomic E-state index is 0.0718. The molecule has 0 aliphatic carbocycles. The topological polar surface area (TPSA) is 75.7 Å². The first kappa shape index (κ1) is 21.8. The standard InChI is InChI=1S/C21H28N2O4S2/c1-15(2)17-6-8-19(9-7-17)27-16(3)21(24)23-12-10-18(11-13-23)22-29(25,26)20-5-4-14-28-20/h4-9,14-16,18,22H,10-13H2,1-3H3. The molecule has 0 saturated carbocycles. The molecule has 1 fully saturated rings. The van der Waals surface area contributed by atoms with Crippen LogP contribution in [0.4, 0.5) is 0 Å². The molecule has 8 heteroatoms. The number of nitrogens with one attached hydrogen (secondary N) is 1. The first-order chi connectivity index (χ1) is 13.8. The number of nitrogens with zero attached hydrogens (tertiary/aromatic N) is 1. The van der Waals surface area contributed by atoms with Gasteiger partial charge in [-0.2, -0.15) is 0 Å². The van der Waals surface area contributed by atoms with Gasteiger partial charge in [-0.15, -0.1) is 11.3 Å².